The van der Waals surface area contributed by atoms with Crippen LogP contribution in [0.2, 0.25) is 0 Å². The van der Waals surface area contributed by atoms with E-state index >= 15 is 0 Å². The molecule has 0 unspecified atom stereocenters. The van der Waals surface area contributed by atoms with Crippen molar-refractivity contribution in [3.05, 3.63) is 0 Å². The molecule has 0 N–H and O–H groups in total. The van der Waals surface area contributed by atoms with Crippen molar-refractivity contribution in [3.63, 3.8) is 0 Å². The minimum absolute atomic E-state index is 0. The smallest absolute Gasteiger partial charge is 0 e. The van der Waals surface area contributed by atoms with Gasteiger partial charge in [0.25, 0.3) is 0 Å². The average Bonchev–Trinajstić information content (AvgIpc) is 0. The van der Waals surface area contributed by atoms with E-state index in [0.29, 0.717) is 0 Å². The molecule has 0 aromatic carbocycles. The molecule has 0 aromatic rings. The summed E-state index contributed by atoms with van der Waals surface area (Å²) in [4.78, 5) is 0. The molecule has 0 bridgehead atoms. The van der Waals surface area contributed by atoms with Crippen LogP contribution in [0.5, 0.6) is 0 Å². The monoisotopic (exact) mass is 826 g/mol. The van der Waals surface area contributed by atoms with Crippen LogP contribution in [0, 0.1) is 90.2 Å². The first-order valence-electron chi connectivity index (χ1n) is 0. The Bertz CT molecular complexity index is 8.00. The molecule has 0 spiro atoms. The minimum Gasteiger partial charge on any atom is 0 e. The van der Waals surface area contributed by atoms with Gasteiger partial charge < -0.3 is 0 Å². The fraction of sp³-hybridized carbons (Fsp3) is 0. The topological polar surface area (TPSA) is 0 Å². The normalized spacial score (nSPS) is 0. The molecule has 0 saturated heterocycles. The van der Waals surface area contributed by atoms with Crippen LogP contribution in [0.1, 0.15) is 0 Å². The molecule has 0 fully saturated rings. The van der Waals surface area contributed by atoms with Gasteiger partial charge in [-0.1, -0.05) is 0 Å². The van der Waals surface area contributed by atoms with Crippen LogP contribution in [0.25, 0.3) is 0 Å². The molecule has 0 aliphatic heterocycles. The third kappa shape index (κ3) is 9.36. The van der Waals surface area contributed by atoms with Crippen LogP contribution >= 0.6 is 0 Å². The van der Waals surface area contributed by atoms with E-state index in [1.807, 2.05) is 0 Å². The zero-order valence-corrected chi connectivity index (χ0v) is 17.4. The summed E-state index contributed by atoms with van der Waals surface area (Å²) in [5.74, 6) is 0. The molecule has 1 radical (unpaired) electrons. The molecule has 0 aliphatic rings. The first kappa shape index (κ1) is 24.6. The summed E-state index contributed by atoms with van der Waals surface area (Å²) < 4.78 is 0. The molecule has 0 aromatic heterocycles. The first-order valence-corrected chi connectivity index (χ1v) is 0. The van der Waals surface area contributed by atoms with Gasteiger partial charge >= 0.3 is 0 Å². The fourth-order valence-electron chi connectivity index (χ4n) is 0. The van der Waals surface area contributed by atoms with Gasteiger partial charge in [0.15, 0.2) is 0 Å². The van der Waals surface area contributed by atoms with Crippen LogP contribution in [0.3, 0.4) is 0 Å². The quantitative estimate of drug-likeness (QED) is 0.302. The van der Waals surface area contributed by atoms with Gasteiger partial charge in [0.1, 0.15) is 0 Å². The van der Waals surface area contributed by atoms with Crippen molar-refractivity contribution in [3.8, 4) is 0 Å². The molecule has 0 saturated carbocycles. The second-order valence-electron chi connectivity index (χ2n) is 0. The molecule has 0 heterocycles. The van der Waals surface area contributed by atoms with Gasteiger partial charge in [-0.05, 0) is 0 Å². The molecule has 17 valence electrons. The Morgan fingerprint density at radius 2 is 1.00 bits per heavy atom. The van der Waals surface area contributed by atoms with Crippen LogP contribution in [-0.2, 0) is 27.3 Å². The Labute approximate surface area is 114 Å². The molecule has 0 rings (SSSR count). The number of rotatable bonds is 0. The van der Waals surface area contributed by atoms with Gasteiger partial charge in [-0.25, -0.2) is 0 Å². The second-order valence-corrected chi connectivity index (χ2v) is 0. The predicted octanol–water partition coefficient (Wildman–Crippen LogP) is -0.00250. The third-order valence-electron chi connectivity index (χ3n) is 0. The number of hydrogen-bond acceptors (Lipinski definition) is 0. The maximum Gasteiger partial charge on any atom is 0 e. The summed E-state index contributed by atoms with van der Waals surface area (Å²) in [5, 5.41) is 0. The molecule has 0 aliphatic carbocycles. The summed E-state index contributed by atoms with van der Waals surface area (Å²) in [6.45, 7) is 0. The molecular formula is CdNpPuU. The largest absolute Gasteiger partial charge is 0 e. The zero-order valence-electron chi connectivity index (χ0n) is 2.06. The summed E-state index contributed by atoms with van der Waals surface area (Å²) in [5.41, 5.74) is 0. The maximum absolute atomic E-state index is 0. The fourth-order valence-corrected chi connectivity index (χ4v) is 0. The Morgan fingerprint density at radius 1 is 1.00 bits per heavy atom. The van der Waals surface area contributed by atoms with Crippen molar-refractivity contribution in [2.24, 2.45) is 0 Å². The van der Waals surface area contributed by atoms with Crippen molar-refractivity contribution >= 4 is 0 Å². The van der Waals surface area contributed by atoms with E-state index in [1.165, 1.54) is 0 Å². The molecule has 4 heavy (non-hydrogen) atoms. The van der Waals surface area contributed by atoms with Gasteiger partial charge in [0.2, 0.25) is 0 Å². The van der Waals surface area contributed by atoms with Crippen LogP contribution < -0.4 is 0 Å². The maximum atomic E-state index is 0. The van der Waals surface area contributed by atoms with E-state index in [9.17, 15) is 0 Å². The van der Waals surface area contributed by atoms with Gasteiger partial charge in [-0.2, -0.15) is 0 Å². The van der Waals surface area contributed by atoms with Crippen molar-refractivity contribution < 1.29 is 118 Å². The Kier molecular flexibility index (Phi) is 96.8. The molecule has 4 heteroatoms. The van der Waals surface area contributed by atoms with E-state index in [4.69, 9.17) is 0 Å². The van der Waals surface area contributed by atoms with Gasteiger partial charge in [-0.15, -0.1) is 0 Å². The minimum atomic E-state index is 0. The van der Waals surface area contributed by atoms with Gasteiger partial charge in [0, 0.05) is 118 Å². The van der Waals surface area contributed by atoms with E-state index in [1.54, 1.807) is 0 Å². The molecule has 0 atom stereocenters. The van der Waals surface area contributed by atoms with Crippen molar-refractivity contribution in [1.82, 2.24) is 0 Å². The summed E-state index contributed by atoms with van der Waals surface area (Å²) in [6.07, 6.45) is 0. The molecule has 0 nitrogen and oxygen atoms in total. The second kappa shape index (κ2) is 15.8. The summed E-state index contributed by atoms with van der Waals surface area (Å²) in [7, 11) is 0. The van der Waals surface area contributed by atoms with E-state index in [0.717, 1.165) is 0 Å². The van der Waals surface area contributed by atoms with Crippen LogP contribution in [0.4, 0.5) is 0 Å². The molecule has 0 amide bonds. The SMILES string of the molecule is [Cd].[Np].[Pu].[U]. The van der Waals surface area contributed by atoms with Crippen LogP contribution in [0.15, 0.2) is 0 Å². The summed E-state index contributed by atoms with van der Waals surface area (Å²) in [6, 6.07) is 0. The van der Waals surface area contributed by atoms with Gasteiger partial charge in [-0.3, -0.25) is 0 Å². The van der Waals surface area contributed by atoms with Crippen molar-refractivity contribution in [2.75, 3.05) is 0 Å². The van der Waals surface area contributed by atoms with E-state index in [2.05, 4.69) is 0 Å². The third-order valence-corrected chi connectivity index (χ3v) is 0. The Balaban J connectivity index is 0. The summed E-state index contributed by atoms with van der Waals surface area (Å²) >= 11 is 0. The van der Waals surface area contributed by atoms with Crippen molar-refractivity contribution in [2.45, 2.75) is 0 Å². The predicted molar refractivity (Wildman–Crippen MR) is 0 cm³/mol. The standard InChI is InChI=1S/Cd.Np.Pu.U. The number of hydrogen-bond donors (Lipinski definition) is 0. The van der Waals surface area contributed by atoms with E-state index in [-0.39, 0.29) is 118 Å². The van der Waals surface area contributed by atoms with Crippen molar-refractivity contribution in [1.29, 1.82) is 0 Å². The average molecular weight is 831 g/mol. The first-order chi connectivity index (χ1) is 0. The molecular weight excluding hydrogens is 831 g/mol. The van der Waals surface area contributed by atoms with Gasteiger partial charge in [0.05, 0.1) is 0 Å². The Hall–Kier alpha value is 3.97. The van der Waals surface area contributed by atoms with E-state index < -0.39 is 0 Å². The van der Waals surface area contributed by atoms with Crippen LogP contribution in [-0.4, -0.2) is 0 Å². The Morgan fingerprint density at radius 3 is 1.00 bits per heavy atom. The zero-order chi connectivity index (χ0) is 0.